The van der Waals surface area contributed by atoms with Gasteiger partial charge in [-0.25, -0.2) is 0 Å². The van der Waals surface area contributed by atoms with E-state index in [-0.39, 0.29) is 10.8 Å². The third-order valence-electron chi connectivity index (χ3n) is 4.00. The number of nitrogens with zero attached hydrogens (tertiary/aromatic N) is 1. The minimum atomic E-state index is -3.69. The molecule has 0 spiro atoms. The molecule has 0 bridgehead atoms. The Hall–Kier alpha value is -1.89. The van der Waals surface area contributed by atoms with Crippen molar-refractivity contribution in [2.45, 2.75) is 51.9 Å². The van der Waals surface area contributed by atoms with Crippen LogP contribution in [-0.2, 0) is 14.8 Å². The highest BCUT2D eigenvalue weighted by atomic mass is 32.2. The van der Waals surface area contributed by atoms with Gasteiger partial charge in [0.2, 0.25) is 5.91 Å². The molecule has 1 heterocycles. The number of carbonyl (C=O) groups is 1. The number of hydrogen-bond donors (Lipinski definition) is 2. The fourth-order valence-electron chi connectivity index (χ4n) is 2.76. The summed E-state index contributed by atoms with van der Waals surface area (Å²) in [4.78, 5) is 12.3. The highest BCUT2D eigenvalue weighted by molar-refractivity contribution is 7.90. The predicted molar refractivity (Wildman–Crippen MR) is 100 cm³/mol. The van der Waals surface area contributed by atoms with E-state index in [1.54, 1.807) is 18.2 Å². The average Bonchev–Trinajstić information content (AvgIpc) is 2.44. The van der Waals surface area contributed by atoms with E-state index in [2.05, 4.69) is 28.9 Å². The summed E-state index contributed by atoms with van der Waals surface area (Å²) in [5, 5.41) is 6.00. The number of benzene rings is 1. The lowest BCUT2D eigenvalue weighted by Crippen LogP contribution is -2.33. The number of para-hydroxylation sites is 1. The number of amidine groups is 1. The summed E-state index contributed by atoms with van der Waals surface area (Å²) in [6.07, 6.45) is 1.63. The van der Waals surface area contributed by atoms with E-state index in [1.165, 1.54) is 6.07 Å². The summed E-state index contributed by atoms with van der Waals surface area (Å²) >= 11 is 0. The number of fused-ring (bicyclic) bond motifs is 1. The summed E-state index contributed by atoms with van der Waals surface area (Å²) < 4.78 is 28.5. The van der Waals surface area contributed by atoms with Crippen molar-refractivity contribution in [3.63, 3.8) is 0 Å². The summed E-state index contributed by atoms with van der Waals surface area (Å²) in [7, 11) is -3.69. The first-order valence-corrected chi connectivity index (χ1v) is 10.00. The second-order valence-corrected chi connectivity index (χ2v) is 9.26. The van der Waals surface area contributed by atoms with Gasteiger partial charge in [-0.2, -0.15) is 8.42 Å². The zero-order chi connectivity index (χ0) is 18.7. The molecule has 0 aromatic heterocycles. The number of nitrogens with one attached hydrogen (secondary N) is 2. The fourth-order valence-corrected chi connectivity index (χ4v) is 3.90. The third-order valence-corrected chi connectivity index (χ3v) is 5.38. The number of carbonyl (C=O) groups excluding carboxylic acids is 1. The molecule has 0 saturated heterocycles. The minimum Gasteiger partial charge on any atom is -0.356 e. The topological polar surface area (TPSA) is 87.6 Å². The second kappa shape index (κ2) is 7.56. The summed E-state index contributed by atoms with van der Waals surface area (Å²) in [6.45, 7) is 8.76. The summed E-state index contributed by atoms with van der Waals surface area (Å²) in [5.41, 5.74) is 0.125. The Morgan fingerprint density at radius 3 is 2.64 bits per heavy atom. The minimum absolute atomic E-state index is 0.0229. The molecule has 1 amide bonds. The number of anilines is 1. The van der Waals surface area contributed by atoms with Crippen molar-refractivity contribution in [1.82, 2.24) is 5.32 Å². The van der Waals surface area contributed by atoms with E-state index in [0.717, 1.165) is 6.42 Å². The molecule has 0 atom stereocenters. The molecule has 1 aromatic carbocycles. The normalized spacial score (nSPS) is 16.0. The van der Waals surface area contributed by atoms with Gasteiger partial charge in [0.05, 0.1) is 5.69 Å². The Bertz CT molecular complexity index is 768. The maximum atomic E-state index is 12.3. The van der Waals surface area contributed by atoms with E-state index < -0.39 is 15.4 Å². The maximum Gasteiger partial charge on any atom is 0.286 e. The van der Waals surface area contributed by atoms with Gasteiger partial charge in [-0.05, 0) is 29.9 Å². The van der Waals surface area contributed by atoms with Gasteiger partial charge >= 0.3 is 0 Å². The van der Waals surface area contributed by atoms with Crippen LogP contribution in [0.2, 0.25) is 0 Å². The van der Waals surface area contributed by atoms with Crippen molar-refractivity contribution >= 4 is 27.5 Å². The third kappa shape index (κ3) is 5.56. The van der Waals surface area contributed by atoms with Crippen molar-refractivity contribution in [3.8, 4) is 0 Å². The monoisotopic (exact) mass is 365 g/mol. The average molecular weight is 365 g/mol. The first-order valence-electron chi connectivity index (χ1n) is 8.56. The molecule has 0 saturated carbocycles. The highest BCUT2D eigenvalue weighted by Crippen LogP contribution is 2.31. The predicted octanol–water partition coefficient (Wildman–Crippen LogP) is 3.17. The lowest BCUT2D eigenvalue weighted by Gasteiger charge is -2.27. The molecule has 2 rings (SSSR count). The molecule has 25 heavy (non-hydrogen) atoms. The van der Waals surface area contributed by atoms with Crippen molar-refractivity contribution in [2.75, 3.05) is 11.9 Å². The molecule has 1 aliphatic heterocycles. The van der Waals surface area contributed by atoms with Crippen LogP contribution in [0, 0.1) is 11.3 Å². The van der Waals surface area contributed by atoms with Gasteiger partial charge in [0.25, 0.3) is 10.0 Å². The highest BCUT2D eigenvalue weighted by Gasteiger charge is 2.29. The SMILES string of the molecule is CC(C)CCNC(=O)CC(C)(C)CC1=NS(=O)(=O)c2ccccc2N1. The van der Waals surface area contributed by atoms with Gasteiger partial charge < -0.3 is 10.6 Å². The van der Waals surface area contributed by atoms with Crippen LogP contribution >= 0.6 is 0 Å². The molecule has 0 aliphatic carbocycles. The Morgan fingerprint density at radius 1 is 1.28 bits per heavy atom. The Labute approximate surface area is 150 Å². The molecule has 0 unspecified atom stereocenters. The number of hydrogen-bond acceptors (Lipinski definition) is 4. The molecule has 6 nitrogen and oxygen atoms in total. The van der Waals surface area contributed by atoms with Crippen molar-refractivity contribution in [3.05, 3.63) is 24.3 Å². The van der Waals surface area contributed by atoms with E-state index in [1.807, 2.05) is 13.8 Å². The van der Waals surface area contributed by atoms with Gasteiger partial charge in [0.15, 0.2) is 0 Å². The van der Waals surface area contributed by atoms with Crippen LogP contribution in [0.1, 0.15) is 47.0 Å². The zero-order valence-corrected chi connectivity index (χ0v) is 16.1. The number of amides is 1. The first kappa shape index (κ1) is 19.4. The molecule has 0 radical (unpaired) electrons. The largest absolute Gasteiger partial charge is 0.356 e. The number of rotatable bonds is 7. The molecular weight excluding hydrogens is 338 g/mol. The molecular formula is C18H27N3O3S. The first-order chi connectivity index (χ1) is 11.6. The Balaban J connectivity index is 2.01. The molecule has 2 N–H and O–H groups in total. The van der Waals surface area contributed by atoms with E-state index in [0.29, 0.717) is 36.8 Å². The number of sulfonamides is 1. The summed E-state index contributed by atoms with van der Waals surface area (Å²) in [5.74, 6) is 0.892. The molecule has 0 fully saturated rings. The smallest absolute Gasteiger partial charge is 0.286 e. The van der Waals surface area contributed by atoms with Crippen LogP contribution in [0.15, 0.2) is 33.6 Å². The lowest BCUT2D eigenvalue weighted by molar-refractivity contribution is -0.122. The van der Waals surface area contributed by atoms with Gasteiger partial charge in [0.1, 0.15) is 10.7 Å². The van der Waals surface area contributed by atoms with Crippen molar-refractivity contribution in [2.24, 2.45) is 15.7 Å². The lowest BCUT2D eigenvalue weighted by atomic mass is 9.84. The van der Waals surface area contributed by atoms with Gasteiger partial charge in [-0.3, -0.25) is 4.79 Å². The molecule has 138 valence electrons. The van der Waals surface area contributed by atoms with E-state index >= 15 is 0 Å². The second-order valence-electron chi connectivity index (χ2n) is 7.68. The van der Waals surface area contributed by atoms with Crippen molar-refractivity contribution < 1.29 is 13.2 Å². The molecule has 1 aliphatic rings. The van der Waals surface area contributed by atoms with Gasteiger partial charge in [-0.1, -0.05) is 39.8 Å². The van der Waals surface area contributed by atoms with E-state index in [9.17, 15) is 13.2 Å². The van der Waals surface area contributed by atoms with Crippen LogP contribution in [0.3, 0.4) is 0 Å². The standard InChI is InChI=1S/C18H27N3O3S/c1-13(2)9-10-19-17(22)12-18(3,4)11-16-20-14-7-5-6-8-15(14)25(23,24)21-16/h5-8,13H,9-12H2,1-4H3,(H,19,22)(H,20,21). The van der Waals surface area contributed by atoms with Crippen LogP contribution in [0.25, 0.3) is 0 Å². The van der Waals surface area contributed by atoms with Crippen LogP contribution in [0.4, 0.5) is 5.69 Å². The van der Waals surface area contributed by atoms with Gasteiger partial charge in [0, 0.05) is 19.4 Å². The summed E-state index contributed by atoms with van der Waals surface area (Å²) in [6, 6.07) is 6.69. The quantitative estimate of drug-likeness (QED) is 0.777. The Kier molecular flexibility index (Phi) is 5.87. The van der Waals surface area contributed by atoms with Crippen LogP contribution in [0.5, 0.6) is 0 Å². The zero-order valence-electron chi connectivity index (χ0n) is 15.3. The maximum absolute atomic E-state index is 12.3. The van der Waals surface area contributed by atoms with Crippen LogP contribution in [-0.4, -0.2) is 26.7 Å². The molecule has 7 heteroatoms. The fraction of sp³-hybridized carbons (Fsp3) is 0.556. The van der Waals surface area contributed by atoms with Crippen molar-refractivity contribution in [1.29, 1.82) is 0 Å². The van der Waals surface area contributed by atoms with Crippen LogP contribution < -0.4 is 10.6 Å². The molecule has 1 aromatic rings. The van der Waals surface area contributed by atoms with E-state index in [4.69, 9.17) is 0 Å². The van der Waals surface area contributed by atoms with Gasteiger partial charge in [-0.15, -0.1) is 4.40 Å². The Morgan fingerprint density at radius 2 is 1.96 bits per heavy atom.